The smallest absolute Gasteiger partial charge is 0.323 e. The molecule has 7 heteroatoms. The standard InChI is InChI=1S/C19H25N5O2/c1-23(2)12-13-24(3)18(25)14-4-8-16(9-5-14)21-19(26)22-17-10-6-15(20)7-11-17/h4-11H,12-13,20H2,1-3H3,(H2,21,22,26). The van der Waals surface area contributed by atoms with Crippen LogP contribution in [0.3, 0.4) is 0 Å². The van der Waals surface area contributed by atoms with E-state index >= 15 is 0 Å². The molecule has 3 amide bonds. The third-order valence-corrected chi connectivity index (χ3v) is 3.79. The molecule has 0 aliphatic heterocycles. The number of likely N-dealkylation sites (N-methyl/N-ethyl adjacent to an activating group) is 2. The second-order valence-corrected chi connectivity index (χ2v) is 6.31. The Bertz CT molecular complexity index is 742. The zero-order chi connectivity index (χ0) is 19.1. The molecule has 4 N–H and O–H groups in total. The Balaban J connectivity index is 1.91. The van der Waals surface area contributed by atoms with Crippen molar-refractivity contribution in [2.24, 2.45) is 0 Å². The van der Waals surface area contributed by atoms with Crippen LogP contribution in [0.1, 0.15) is 10.4 Å². The van der Waals surface area contributed by atoms with Gasteiger partial charge < -0.3 is 26.2 Å². The molecule has 0 aromatic heterocycles. The van der Waals surface area contributed by atoms with Crippen LogP contribution in [0.2, 0.25) is 0 Å². The maximum atomic E-state index is 12.4. The van der Waals surface area contributed by atoms with Gasteiger partial charge in [-0.2, -0.15) is 0 Å². The van der Waals surface area contributed by atoms with E-state index < -0.39 is 0 Å². The number of carbonyl (C=O) groups excluding carboxylic acids is 2. The first-order chi connectivity index (χ1) is 12.3. The lowest BCUT2D eigenvalue weighted by molar-refractivity contribution is 0.0786. The average molecular weight is 355 g/mol. The fourth-order valence-corrected chi connectivity index (χ4v) is 2.23. The summed E-state index contributed by atoms with van der Waals surface area (Å²) >= 11 is 0. The molecule has 0 fully saturated rings. The molecule has 0 saturated heterocycles. The number of anilines is 3. The summed E-state index contributed by atoms with van der Waals surface area (Å²) < 4.78 is 0. The summed E-state index contributed by atoms with van der Waals surface area (Å²) in [5.41, 5.74) is 8.07. The number of nitrogens with one attached hydrogen (secondary N) is 2. The van der Waals surface area contributed by atoms with Crippen LogP contribution in [0.15, 0.2) is 48.5 Å². The largest absolute Gasteiger partial charge is 0.399 e. The van der Waals surface area contributed by atoms with Gasteiger partial charge in [0.05, 0.1) is 0 Å². The molecule has 0 bridgehead atoms. The molecule has 0 aliphatic carbocycles. The highest BCUT2D eigenvalue weighted by Gasteiger charge is 2.12. The van der Waals surface area contributed by atoms with E-state index in [0.717, 1.165) is 6.54 Å². The molecule has 0 saturated carbocycles. The summed E-state index contributed by atoms with van der Waals surface area (Å²) in [7, 11) is 5.71. The lowest BCUT2D eigenvalue weighted by Crippen LogP contribution is -2.33. The Morgan fingerprint density at radius 3 is 1.85 bits per heavy atom. The number of benzene rings is 2. The van der Waals surface area contributed by atoms with Crippen LogP contribution < -0.4 is 16.4 Å². The Labute approximate surface area is 153 Å². The van der Waals surface area contributed by atoms with Crippen molar-refractivity contribution in [2.45, 2.75) is 0 Å². The van der Waals surface area contributed by atoms with Gasteiger partial charge >= 0.3 is 6.03 Å². The summed E-state index contributed by atoms with van der Waals surface area (Å²) in [4.78, 5) is 28.1. The van der Waals surface area contributed by atoms with Crippen LogP contribution >= 0.6 is 0 Å². The third kappa shape index (κ3) is 5.78. The van der Waals surface area contributed by atoms with E-state index in [4.69, 9.17) is 5.73 Å². The summed E-state index contributed by atoms with van der Waals surface area (Å²) in [5.74, 6) is -0.0512. The van der Waals surface area contributed by atoms with Crippen molar-refractivity contribution in [3.8, 4) is 0 Å². The zero-order valence-corrected chi connectivity index (χ0v) is 15.3. The van der Waals surface area contributed by atoms with Gasteiger partial charge in [-0.3, -0.25) is 4.79 Å². The highest BCUT2D eigenvalue weighted by Crippen LogP contribution is 2.14. The number of rotatable bonds is 6. The van der Waals surface area contributed by atoms with Crippen molar-refractivity contribution in [1.82, 2.24) is 9.80 Å². The molecular weight excluding hydrogens is 330 g/mol. The topological polar surface area (TPSA) is 90.7 Å². The Kier molecular flexibility index (Phi) is 6.57. The zero-order valence-electron chi connectivity index (χ0n) is 15.3. The maximum Gasteiger partial charge on any atom is 0.323 e. The Hall–Kier alpha value is -3.06. The number of hydrogen-bond donors (Lipinski definition) is 3. The van der Waals surface area contributed by atoms with Gasteiger partial charge in [0.25, 0.3) is 5.91 Å². The van der Waals surface area contributed by atoms with E-state index in [1.165, 1.54) is 0 Å². The fourth-order valence-electron chi connectivity index (χ4n) is 2.23. The summed E-state index contributed by atoms with van der Waals surface area (Å²) in [6, 6.07) is 13.3. The van der Waals surface area contributed by atoms with Gasteiger partial charge in [-0.1, -0.05) is 0 Å². The Morgan fingerprint density at radius 1 is 0.846 bits per heavy atom. The first-order valence-electron chi connectivity index (χ1n) is 8.29. The average Bonchev–Trinajstić information content (AvgIpc) is 2.61. The minimum Gasteiger partial charge on any atom is -0.399 e. The number of amides is 3. The SMILES string of the molecule is CN(C)CCN(C)C(=O)c1ccc(NC(=O)Nc2ccc(N)cc2)cc1. The van der Waals surface area contributed by atoms with Gasteiger partial charge in [0, 0.05) is 42.8 Å². The molecule has 2 rings (SSSR count). The fraction of sp³-hybridized carbons (Fsp3) is 0.263. The molecule has 0 atom stereocenters. The lowest BCUT2D eigenvalue weighted by Gasteiger charge is -2.19. The van der Waals surface area contributed by atoms with E-state index in [2.05, 4.69) is 10.6 Å². The molecule has 2 aromatic rings. The highest BCUT2D eigenvalue weighted by atomic mass is 16.2. The van der Waals surface area contributed by atoms with Gasteiger partial charge in [-0.15, -0.1) is 0 Å². The van der Waals surface area contributed by atoms with Crippen LogP contribution in [-0.4, -0.2) is 56.0 Å². The molecular formula is C19H25N5O2. The summed E-state index contributed by atoms with van der Waals surface area (Å²) in [5, 5.41) is 5.44. The summed E-state index contributed by atoms with van der Waals surface area (Å²) in [6.45, 7) is 1.45. The highest BCUT2D eigenvalue weighted by molar-refractivity contribution is 6.00. The van der Waals surface area contributed by atoms with Crippen molar-refractivity contribution in [3.63, 3.8) is 0 Å². The van der Waals surface area contributed by atoms with Crippen molar-refractivity contribution in [3.05, 3.63) is 54.1 Å². The van der Waals surface area contributed by atoms with E-state index in [0.29, 0.717) is 29.2 Å². The minimum absolute atomic E-state index is 0.0512. The molecule has 138 valence electrons. The van der Waals surface area contributed by atoms with Crippen LogP contribution in [0.5, 0.6) is 0 Å². The monoisotopic (exact) mass is 355 g/mol. The number of nitrogens with zero attached hydrogens (tertiary/aromatic N) is 2. The van der Waals surface area contributed by atoms with Crippen LogP contribution in [0, 0.1) is 0 Å². The first-order valence-corrected chi connectivity index (χ1v) is 8.29. The Morgan fingerprint density at radius 2 is 1.35 bits per heavy atom. The van der Waals surface area contributed by atoms with Crippen LogP contribution in [-0.2, 0) is 0 Å². The van der Waals surface area contributed by atoms with E-state index in [1.54, 1.807) is 60.5 Å². The molecule has 0 aliphatic rings. The molecule has 0 unspecified atom stereocenters. The molecule has 26 heavy (non-hydrogen) atoms. The number of urea groups is 1. The number of nitrogens with two attached hydrogens (primary N) is 1. The molecule has 2 aromatic carbocycles. The van der Waals surface area contributed by atoms with Crippen LogP contribution in [0.4, 0.5) is 21.9 Å². The van der Waals surface area contributed by atoms with Crippen molar-refractivity contribution in [1.29, 1.82) is 0 Å². The van der Waals surface area contributed by atoms with Gasteiger partial charge in [-0.25, -0.2) is 4.79 Å². The van der Waals surface area contributed by atoms with Gasteiger partial charge in [-0.05, 0) is 62.6 Å². The third-order valence-electron chi connectivity index (χ3n) is 3.79. The van der Waals surface area contributed by atoms with Crippen molar-refractivity contribution >= 4 is 29.0 Å². The van der Waals surface area contributed by atoms with Gasteiger partial charge in [0.1, 0.15) is 0 Å². The van der Waals surface area contributed by atoms with E-state index in [1.807, 2.05) is 19.0 Å². The predicted octanol–water partition coefficient (Wildman–Crippen LogP) is 2.55. The molecule has 0 radical (unpaired) electrons. The molecule has 7 nitrogen and oxygen atoms in total. The van der Waals surface area contributed by atoms with Crippen LogP contribution in [0.25, 0.3) is 0 Å². The minimum atomic E-state index is -0.364. The summed E-state index contributed by atoms with van der Waals surface area (Å²) in [6.07, 6.45) is 0. The molecule has 0 heterocycles. The van der Waals surface area contributed by atoms with Crippen molar-refractivity contribution in [2.75, 3.05) is 50.6 Å². The van der Waals surface area contributed by atoms with Crippen molar-refractivity contribution < 1.29 is 9.59 Å². The second-order valence-electron chi connectivity index (χ2n) is 6.31. The second kappa shape index (κ2) is 8.87. The number of carbonyl (C=O) groups is 2. The maximum absolute atomic E-state index is 12.4. The van der Waals surface area contributed by atoms with Gasteiger partial charge in [0.2, 0.25) is 0 Å². The predicted molar refractivity (Wildman–Crippen MR) is 105 cm³/mol. The number of nitrogen functional groups attached to an aromatic ring is 1. The quantitative estimate of drug-likeness (QED) is 0.695. The normalized spacial score (nSPS) is 10.5. The molecule has 0 spiro atoms. The van der Waals surface area contributed by atoms with E-state index in [-0.39, 0.29) is 11.9 Å². The lowest BCUT2D eigenvalue weighted by atomic mass is 10.2. The van der Waals surface area contributed by atoms with E-state index in [9.17, 15) is 9.59 Å². The number of hydrogen-bond acceptors (Lipinski definition) is 4. The first kappa shape index (κ1) is 19.3. The van der Waals surface area contributed by atoms with Gasteiger partial charge in [0.15, 0.2) is 0 Å².